The average molecular weight is 284 g/mol. The smallest absolute Gasteiger partial charge is 0.201 e. The minimum Gasteiger partial charge on any atom is -0.382 e. The molecule has 1 aromatic heterocycles. The highest BCUT2D eigenvalue weighted by Crippen LogP contribution is 2.22. The van der Waals surface area contributed by atoms with Crippen molar-refractivity contribution in [2.24, 2.45) is 10.8 Å². The lowest BCUT2D eigenvalue weighted by atomic mass is 10.1. The molecule has 0 aliphatic heterocycles. The van der Waals surface area contributed by atoms with Crippen LogP contribution in [0.15, 0.2) is 34.7 Å². The van der Waals surface area contributed by atoms with E-state index in [-0.39, 0.29) is 11.5 Å². The molecule has 1 aromatic carbocycles. The number of nitrogens with one attached hydrogen (secondary N) is 2. The van der Waals surface area contributed by atoms with E-state index in [9.17, 15) is 0 Å². The minimum absolute atomic E-state index is 0.149. The summed E-state index contributed by atoms with van der Waals surface area (Å²) < 4.78 is 0. The van der Waals surface area contributed by atoms with Crippen LogP contribution in [0.2, 0.25) is 0 Å². The number of benzene rings is 1. The normalized spacial score (nSPS) is 10.9. The standard InChI is InChI=1S/C13H12N6S/c1-8-17-12(7-20-8)9-2-4-10(5-3-9)18-19-11(6-14)13(15)16/h2-5,7,18H,1H3,(H3,15,16)/b19-11+. The zero-order valence-electron chi connectivity index (χ0n) is 10.7. The molecule has 0 bridgehead atoms. The van der Waals surface area contributed by atoms with Crippen molar-refractivity contribution in [1.82, 2.24) is 4.98 Å². The second-order valence-corrected chi connectivity index (χ2v) is 4.99. The van der Waals surface area contributed by atoms with Gasteiger partial charge in [0.05, 0.1) is 16.4 Å². The third kappa shape index (κ3) is 3.18. The SMILES string of the molecule is Cc1nc(-c2ccc(N/N=C(\C#N)C(=N)N)cc2)cs1. The maximum Gasteiger partial charge on any atom is 0.201 e. The quantitative estimate of drug-likeness (QED) is 0.454. The van der Waals surface area contributed by atoms with Gasteiger partial charge in [0.15, 0.2) is 5.84 Å². The molecule has 0 amide bonds. The predicted molar refractivity (Wildman–Crippen MR) is 80.9 cm³/mol. The van der Waals surface area contributed by atoms with Gasteiger partial charge in [0.25, 0.3) is 0 Å². The molecule has 0 aliphatic rings. The Hall–Kier alpha value is -2.72. The van der Waals surface area contributed by atoms with Crippen LogP contribution in [0.3, 0.4) is 0 Å². The Morgan fingerprint density at radius 1 is 1.45 bits per heavy atom. The Labute approximate surface area is 120 Å². The number of hydrogen-bond donors (Lipinski definition) is 3. The summed E-state index contributed by atoms with van der Waals surface area (Å²) in [5.74, 6) is -0.366. The number of aromatic nitrogens is 1. The molecule has 2 rings (SSSR count). The summed E-state index contributed by atoms with van der Waals surface area (Å²) in [6.45, 7) is 1.96. The van der Waals surface area contributed by atoms with Crippen LogP contribution in [0.4, 0.5) is 5.69 Å². The molecular formula is C13H12N6S. The van der Waals surface area contributed by atoms with Crippen molar-refractivity contribution in [2.45, 2.75) is 6.92 Å². The first-order chi connectivity index (χ1) is 9.60. The van der Waals surface area contributed by atoms with E-state index >= 15 is 0 Å². The summed E-state index contributed by atoms with van der Waals surface area (Å²) in [5, 5.41) is 22.6. The Morgan fingerprint density at radius 2 is 2.15 bits per heavy atom. The highest BCUT2D eigenvalue weighted by molar-refractivity contribution is 7.09. The van der Waals surface area contributed by atoms with Gasteiger partial charge < -0.3 is 5.73 Å². The summed E-state index contributed by atoms with van der Waals surface area (Å²) in [5.41, 5.74) is 10.4. The molecule has 6 nitrogen and oxygen atoms in total. The first-order valence-electron chi connectivity index (χ1n) is 5.71. The molecule has 2 aromatic rings. The van der Waals surface area contributed by atoms with Crippen LogP contribution in [0.5, 0.6) is 0 Å². The molecular weight excluding hydrogens is 272 g/mol. The van der Waals surface area contributed by atoms with Gasteiger partial charge >= 0.3 is 0 Å². The van der Waals surface area contributed by atoms with E-state index in [4.69, 9.17) is 16.4 Å². The van der Waals surface area contributed by atoms with E-state index in [0.717, 1.165) is 16.3 Å². The molecule has 0 spiro atoms. The summed E-state index contributed by atoms with van der Waals surface area (Å²) in [7, 11) is 0. The molecule has 0 fully saturated rings. The number of amidine groups is 1. The monoisotopic (exact) mass is 284 g/mol. The van der Waals surface area contributed by atoms with Crippen LogP contribution in [-0.2, 0) is 0 Å². The zero-order chi connectivity index (χ0) is 14.5. The van der Waals surface area contributed by atoms with Gasteiger partial charge in [-0.05, 0) is 19.1 Å². The number of nitriles is 1. The third-order valence-electron chi connectivity index (χ3n) is 2.46. The number of nitrogens with two attached hydrogens (primary N) is 1. The van der Waals surface area contributed by atoms with Crippen molar-refractivity contribution >= 4 is 28.6 Å². The van der Waals surface area contributed by atoms with Crippen molar-refractivity contribution in [3.8, 4) is 17.3 Å². The molecule has 0 unspecified atom stereocenters. The lowest BCUT2D eigenvalue weighted by molar-refractivity contribution is 1.29. The summed E-state index contributed by atoms with van der Waals surface area (Å²) in [6.07, 6.45) is 0. The maximum atomic E-state index is 8.72. The van der Waals surface area contributed by atoms with Crippen LogP contribution in [-0.4, -0.2) is 16.5 Å². The van der Waals surface area contributed by atoms with Crippen LogP contribution < -0.4 is 11.2 Å². The molecule has 100 valence electrons. The van der Waals surface area contributed by atoms with Gasteiger partial charge in [0.2, 0.25) is 5.71 Å². The fourth-order valence-corrected chi connectivity index (χ4v) is 2.10. The van der Waals surface area contributed by atoms with Gasteiger partial charge in [0.1, 0.15) is 6.07 Å². The molecule has 4 N–H and O–H groups in total. The molecule has 0 atom stereocenters. The third-order valence-corrected chi connectivity index (χ3v) is 3.23. The zero-order valence-corrected chi connectivity index (χ0v) is 11.5. The molecule has 1 heterocycles. The topological polar surface area (TPSA) is 111 Å². The summed E-state index contributed by atoms with van der Waals surface area (Å²) in [4.78, 5) is 4.40. The van der Waals surface area contributed by atoms with Crippen molar-refractivity contribution in [3.05, 3.63) is 34.7 Å². The Kier molecular flexibility index (Phi) is 4.08. The maximum absolute atomic E-state index is 8.72. The van der Waals surface area contributed by atoms with Crippen molar-refractivity contribution < 1.29 is 0 Å². The van der Waals surface area contributed by atoms with Crippen LogP contribution in [0.25, 0.3) is 11.3 Å². The second-order valence-electron chi connectivity index (χ2n) is 3.93. The van der Waals surface area contributed by atoms with E-state index in [1.807, 2.05) is 36.6 Å². The van der Waals surface area contributed by atoms with Gasteiger partial charge in [-0.25, -0.2) is 4.98 Å². The number of aryl methyl sites for hydroxylation is 1. The highest BCUT2D eigenvalue weighted by Gasteiger charge is 2.03. The van der Waals surface area contributed by atoms with Gasteiger partial charge in [0, 0.05) is 10.9 Å². The fraction of sp³-hybridized carbons (Fsp3) is 0.0769. The first-order valence-corrected chi connectivity index (χ1v) is 6.59. The molecule has 20 heavy (non-hydrogen) atoms. The van der Waals surface area contributed by atoms with E-state index < -0.39 is 0 Å². The van der Waals surface area contributed by atoms with Gasteiger partial charge in [-0.3, -0.25) is 10.8 Å². The Balaban J connectivity index is 2.13. The lowest BCUT2D eigenvalue weighted by Crippen LogP contribution is -2.21. The molecule has 0 radical (unpaired) electrons. The van der Waals surface area contributed by atoms with Crippen LogP contribution in [0.1, 0.15) is 5.01 Å². The van der Waals surface area contributed by atoms with E-state index in [0.29, 0.717) is 5.69 Å². The number of hydrazone groups is 1. The van der Waals surface area contributed by atoms with E-state index in [1.54, 1.807) is 17.4 Å². The highest BCUT2D eigenvalue weighted by atomic mass is 32.1. The largest absolute Gasteiger partial charge is 0.382 e. The van der Waals surface area contributed by atoms with Gasteiger partial charge in [-0.15, -0.1) is 11.3 Å². The number of nitrogens with zero attached hydrogens (tertiary/aromatic N) is 3. The molecule has 7 heteroatoms. The molecule has 0 saturated carbocycles. The van der Waals surface area contributed by atoms with Gasteiger partial charge in [-0.1, -0.05) is 12.1 Å². The number of hydrogen-bond acceptors (Lipinski definition) is 6. The average Bonchev–Trinajstić information content (AvgIpc) is 2.86. The van der Waals surface area contributed by atoms with Crippen molar-refractivity contribution in [1.29, 1.82) is 10.7 Å². The van der Waals surface area contributed by atoms with Crippen LogP contribution in [0, 0.1) is 23.7 Å². The van der Waals surface area contributed by atoms with Gasteiger partial charge in [-0.2, -0.15) is 10.4 Å². The number of rotatable bonds is 4. The van der Waals surface area contributed by atoms with Crippen molar-refractivity contribution in [2.75, 3.05) is 5.43 Å². The number of thiazole rings is 1. The fourth-order valence-electron chi connectivity index (χ4n) is 1.48. The molecule has 0 aliphatic carbocycles. The summed E-state index contributed by atoms with van der Waals surface area (Å²) in [6, 6.07) is 9.20. The number of anilines is 1. The second kappa shape index (κ2) is 5.95. The predicted octanol–water partition coefficient (Wildman–Crippen LogP) is 2.35. The Morgan fingerprint density at radius 3 is 2.65 bits per heavy atom. The lowest BCUT2D eigenvalue weighted by Gasteiger charge is -2.02. The Bertz CT molecular complexity index is 692. The molecule has 0 saturated heterocycles. The van der Waals surface area contributed by atoms with E-state index in [2.05, 4.69) is 15.5 Å². The van der Waals surface area contributed by atoms with Crippen molar-refractivity contribution in [3.63, 3.8) is 0 Å². The van der Waals surface area contributed by atoms with E-state index in [1.165, 1.54) is 0 Å². The summed E-state index contributed by atoms with van der Waals surface area (Å²) >= 11 is 1.60. The minimum atomic E-state index is -0.366. The first kappa shape index (κ1) is 13.7. The van der Waals surface area contributed by atoms with Crippen LogP contribution >= 0.6 is 11.3 Å².